The molecule has 3 aromatic rings. The molecule has 7 nitrogen and oxygen atoms in total. The van der Waals surface area contributed by atoms with E-state index in [1.807, 2.05) is 43.5 Å². The number of thioether (sulfide) groups is 1. The first-order valence-electron chi connectivity index (χ1n) is 9.93. The molecule has 168 valence electrons. The van der Waals surface area contributed by atoms with Gasteiger partial charge >= 0.3 is 0 Å². The molecule has 1 heterocycles. The fraction of sp³-hybridized carbons (Fsp3) is 0.273. The predicted molar refractivity (Wildman–Crippen MR) is 132 cm³/mol. The van der Waals surface area contributed by atoms with E-state index in [0.29, 0.717) is 28.2 Å². The number of nitrogens with zero attached hydrogens (tertiary/aromatic N) is 3. The molecule has 2 N–H and O–H groups in total. The number of anilines is 2. The molecule has 1 aromatic heterocycles. The van der Waals surface area contributed by atoms with Gasteiger partial charge in [0.1, 0.15) is 5.82 Å². The lowest BCUT2D eigenvalue weighted by atomic mass is 10.1. The molecule has 2 aromatic carbocycles. The summed E-state index contributed by atoms with van der Waals surface area (Å²) in [6.07, 6.45) is 0.0952. The van der Waals surface area contributed by atoms with Gasteiger partial charge in [-0.15, -0.1) is 10.2 Å². The summed E-state index contributed by atoms with van der Waals surface area (Å²) in [6.45, 7) is 6.56. The molecule has 0 fully saturated rings. The van der Waals surface area contributed by atoms with Crippen molar-refractivity contribution in [3.63, 3.8) is 0 Å². The average molecular weight is 537 g/mol. The van der Waals surface area contributed by atoms with Gasteiger partial charge in [0.15, 0.2) is 5.16 Å². The molecule has 0 aliphatic rings. The van der Waals surface area contributed by atoms with E-state index in [0.717, 1.165) is 15.7 Å². The van der Waals surface area contributed by atoms with Crippen molar-refractivity contribution in [3.05, 3.63) is 62.8 Å². The molecule has 0 bridgehead atoms. The topological polar surface area (TPSA) is 88.9 Å². The van der Waals surface area contributed by atoms with E-state index in [4.69, 9.17) is 11.6 Å². The number of halogens is 2. The second-order valence-corrected chi connectivity index (χ2v) is 9.34. The molecule has 0 saturated heterocycles. The molecule has 3 rings (SSSR count). The predicted octanol–water partition coefficient (Wildman–Crippen LogP) is 5.24. The van der Waals surface area contributed by atoms with Crippen LogP contribution in [-0.2, 0) is 22.6 Å². The normalized spacial score (nSPS) is 10.8. The van der Waals surface area contributed by atoms with Gasteiger partial charge in [-0.1, -0.05) is 29.4 Å². The fourth-order valence-electron chi connectivity index (χ4n) is 2.94. The third-order valence-electron chi connectivity index (χ3n) is 4.75. The third-order valence-corrected chi connectivity index (χ3v) is 6.95. The minimum atomic E-state index is -0.187. The van der Waals surface area contributed by atoms with Gasteiger partial charge in [0, 0.05) is 22.4 Å². The van der Waals surface area contributed by atoms with E-state index in [1.54, 1.807) is 18.2 Å². The van der Waals surface area contributed by atoms with Crippen LogP contribution in [0.15, 0.2) is 46.0 Å². The van der Waals surface area contributed by atoms with Gasteiger partial charge in [-0.3, -0.25) is 9.59 Å². The van der Waals surface area contributed by atoms with Crippen molar-refractivity contribution in [1.29, 1.82) is 0 Å². The quantitative estimate of drug-likeness (QED) is 0.384. The first-order valence-corrected chi connectivity index (χ1v) is 12.1. The molecule has 0 radical (unpaired) electrons. The van der Waals surface area contributed by atoms with Crippen molar-refractivity contribution in [1.82, 2.24) is 14.8 Å². The van der Waals surface area contributed by atoms with Crippen molar-refractivity contribution in [3.8, 4) is 0 Å². The average Bonchev–Trinajstić information content (AvgIpc) is 3.13. The Morgan fingerprint density at radius 3 is 2.41 bits per heavy atom. The Kier molecular flexibility index (Phi) is 8.33. The summed E-state index contributed by atoms with van der Waals surface area (Å²) in [7, 11) is 0. The van der Waals surface area contributed by atoms with E-state index < -0.39 is 0 Å². The van der Waals surface area contributed by atoms with Crippen LogP contribution in [0.5, 0.6) is 0 Å². The van der Waals surface area contributed by atoms with Gasteiger partial charge in [0.25, 0.3) is 0 Å². The highest BCUT2D eigenvalue weighted by molar-refractivity contribution is 9.10. The van der Waals surface area contributed by atoms with Gasteiger partial charge < -0.3 is 15.2 Å². The number of aryl methyl sites for hydroxylation is 2. The standard InChI is InChI=1S/C22H23BrClN5O2S/c1-4-29-19(11-20(30)25-15-6-5-13(2)14(3)9-15)27-28-22(29)32-12-21(31)26-16-7-8-17(23)18(24)10-16/h5-10H,4,11-12H2,1-3H3,(H,25,30)(H,26,31). The number of carbonyl (C=O) groups excluding carboxylic acids is 2. The first-order chi connectivity index (χ1) is 15.3. The highest BCUT2D eigenvalue weighted by atomic mass is 79.9. The molecule has 0 aliphatic carbocycles. The zero-order valence-corrected chi connectivity index (χ0v) is 21.1. The van der Waals surface area contributed by atoms with E-state index in [2.05, 4.69) is 36.8 Å². The summed E-state index contributed by atoms with van der Waals surface area (Å²) in [5.74, 6) is 0.349. The molecular formula is C22H23BrClN5O2S. The van der Waals surface area contributed by atoms with E-state index in [-0.39, 0.29) is 24.0 Å². The Morgan fingerprint density at radius 1 is 1.03 bits per heavy atom. The molecule has 0 spiro atoms. The number of rotatable bonds is 8. The van der Waals surface area contributed by atoms with Crippen LogP contribution in [0.1, 0.15) is 23.9 Å². The number of hydrogen-bond donors (Lipinski definition) is 2. The van der Waals surface area contributed by atoms with Gasteiger partial charge in [0.05, 0.1) is 17.2 Å². The lowest BCUT2D eigenvalue weighted by Crippen LogP contribution is -2.18. The zero-order valence-electron chi connectivity index (χ0n) is 17.9. The number of hydrogen-bond acceptors (Lipinski definition) is 5. The maximum atomic E-state index is 12.5. The molecular weight excluding hydrogens is 514 g/mol. The van der Waals surface area contributed by atoms with Crippen LogP contribution in [0, 0.1) is 13.8 Å². The van der Waals surface area contributed by atoms with Crippen LogP contribution in [-0.4, -0.2) is 32.3 Å². The summed E-state index contributed by atoms with van der Waals surface area (Å²) >= 11 is 10.6. The Hall–Kier alpha value is -2.36. The lowest BCUT2D eigenvalue weighted by Gasteiger charge is -2.09. The van der Waals surface area contributed by atoms with Gasteiger partial charge in [0.2, 0.25) is 11.8 Å². The molecule has 0 atom stereocenters. The maximum Gasteiger partial charge on any atom is 0.234 e. The molecule has 32 heavy (non-hydrogen) atoms. The fourth-order valence-corrected chi connectivity index (χ4v) is 4.19. The highest BCUT2D eigenvalue weighted by Crippen LogP contribution is 2.26. The monoisotopic (exact) mass is 535 g/mol. The minimum Gasteiger partial charge on any atom is -0.326 e. The molecule has 0 unspecified atom stereocenters. The summed E-state index contributed by atoms with van der Waals surface area (Å²) in [5, 5.41) is 15.1. The Bertz CT molecular complexity index is 1150. The van der Waals surface area contributed by atoms with E-state index in [1.165, 1.54) is 17.3 Å². The van der Waals surface area contributed by atoms with Crippen LogP contribution in [0.4, 0.5) is 11.4 Å². The SMILES string of the molecule is CCn1c(CC(=O)Nc2ccc(C)c(C)c2)nnc1SCC(=O)Nc1ccc(Br)c(Cl)c1. The Balaban J connectivity index is 1.58. The summed E-state index contributed by atoms with van der Waals surface area (Å²) in [4.78, 5) is 24.8. The minimum absolute atomic E-state index is 0.0952. The maximum absolute atomic E-state index is 12.5. The Morgan fingerprint density at radius 2 is 1.72 bits per heavy atom. The van der Waals surface area contributed by atoms with Crippen molar-refractivity contribution in [2.45, 2.75) is 38.9 Å². The molecule has 0 saturated carbocycles. The molecule has 0 aliphatic heterocycles. The van der Waals surface area contributed by atoms with Crippen LogP contribution in [0.25, 0.3) is 0 Å². The summed E-state index contributed by atoms with van der Waals surface area (Å²) in [6, 6.07) is 11.0. The second-order valence-electron chi connectivity index (χ2n) is 7.13. The van der Waals surface area contributed by atoms with E-state index >= 15 is 0 Å². The number of nitrogens with one attached hydrogen (secondary N) is 2. The van der Waals surface area contributed by atoms with Crippen LogP contribution in [0.3, 0.4) is 0 Å². The number of carbonyl (C=O) groups is 2. The highest BCUT2D eigenvalue weighted by Gasteiger charge is 2.16. The van der Waals surface area contributed by atoms with Crippen molar-refractivity contribution in [2.24, 2.45) is 0 Å². The second kappa shape index (κ2) is 11.0. The first kappa shape index (κ1) is 24.3. The number of benzene rings is 2. The summed E-state index contributed by atoms with van der Waals surface area (Å²) < 4.78 is 2.60. The Labute approximate surface area is 204 Å². The van der Waals surface area contributed by atoms with Gasteiger partial charge in [-0.2, -0.15) is 0 Å². The van der Waals surface area contributed by atoms with Crippen LogP contribution >= 0.6 is 39.3 Å². The molecule has 2 amide bonds. The van der Waals surface area contributed by atoms with Crippen LogP contribution in [0.2, 0.25) is 5.02 Å². The van der Waals surface area contributed by atoms with Crippen molar-refractivity contribution >= 4 is 62.5 Å². The van der Waals surface area contributed by atoms with E-state index in [9.17, 15) is 9.59 Å². The zero-order chi connectivity index (χ0) is 23.3. The summed E-state index contributed by atoms with van der Waals surface area (Å²) in [5.41, 5.74) is 3.65. The molecule has 10 heteroatoms. The number of aromatic nitrogens is 3. The van der Waals surface area contributed by atoms with Crippen molar-refractivity contribution < 1.29 is 9.59 Å². The number of amides is 2. The largest absolute Gasteiger partial charge is 0.326 e. The van der Waals surface area contributed by atoms with Gasteiger partial charge in [-0.25, -0.2) is 0 Å². The lowest BCUT2D eigenvalue weighted by molar-refractivity contribution is -0.116. The van der Waals surface area contributed by atoms with Crippen molar-refractivity contribution in [2.75, 3.05) is 16.4 Å². The smallest absolute Gasteiger partial charge is 0.234 e. The van der Waals surface area contributed by atoms with Gasteiger partial charge in [-0.05, 0) is 78.2 Å². The third kappa shape index (κ3) is 6.34. The van der Waals surface area contributed by atoms with Crippen LogP contribution < -0.4 is 10.6 Å².